The van der Waals surface area contributed by atoms with Gasteiger partial charge in [-0.25, -0.2) is 9.37 Å². The number of anilines is 1. The molecular formula is C14H15F4N3. The van der Waals surface area contributed by atoms with E-state index < -0.39 is 17.6 Å². The molecule has 0 amide bonds. The van der Waals surface area contributed by atoms with E-state index in [0.29, 0.717) is 18.4 Å². The molecule has 2 N–H and O–H groups in total. The van der Waals surface area contributed by atoms with Crippen molar-refractivity contribution in [3.8, 4) is 11.3 Å². The summed E-state index contributed by atoms with van der Waals surface area (Å²) in [5.74, 6) is -0.142. The second-order valence-corrected chi connectivity index (χ2v) is 4.77. The van der Waals surface area contributed by atoms with Crippen LogP contribution in [0, 0.1) is 12.7 Å². The van der Waals surface area contributed by atoms with Crippen LogP contribution in [0.2, 0.25) is 0 Å². The van der Waals surface area contributed by atoms with E-state index in [1.807, 2.05) is 6.92 Å². The maximum Gasteiger partial charge on any atom is 0.416 e. The van der Waals surface area contributed by atoms with Crippen LogP contribution in [-0.4, -0.2) is 9.55 Å². The summed E-state index contributed by atoms with van der Waals surface area (Å²) < 4.78 is 53.4. The minimum Gasteiger partial charge on any atom is -0.383 e. The Balaban J connectivity index is 2.57. The van der Waals surface area contributed by atoms with Gasteiger partial charge in [0, 0.05) is 12.1 Å². The van der Waals surface area contributed by atoms with Crippen LogP contribution in [0.15, 0.2) is 18.2 Å². The number of hydrogen-bond acceptors (Lipinski definition) is 2. The normalized spacial score (nSPS) is 11.9. The highest BCUT2D eigenvalue weighted by molar-refractivity contribution is 5.71. The molecule has 0 aliphatic rings. The largest absolute Gasteiger partial charge is 0.416 e. The van der Waals surface area contributed by atoms with Crippen LogP contribution in [0.4, 0.5) is 23.4 Å². The second-order valence-electron chi connectivity index (χ2n) is 4.77. The molecule has 0 fully saturated rings. The molecule has 0 aliphatic heterocycles. The van der Waals surface area contributed by atoms with Crippen molar-refractivity contribution in [1.29, 1.82) is 0 Å². The topological polar surface area (TPSA) is 43.8 Å². The molecule has 2 aromatic rings. The van der Waals surface area contributed by atoms with E-state index in [1.54, 1.807) is 11.5 Å². The van der Waals surface area contributed by atoms with Gasteiger partial charge in [-0.15, -0.1) is 0 Å². The minimum absolute atomic E-state index is 0.0257. The molecule has 1 heterocycles. The molecular weight excluding hydrogens is 286 g/mol. The molecule has 0 aliphatic carbocycles. The lowest BCUT2D eigenvalue weighted by atomic mass is 10.1. The van der Waals surface area contributed by atoms with Crippen LogP contribution >= 0.6 is 0 Å². The van der Waals surface area contributed by atoms with E-state index in [1.165, 1.54) is 0 Å². The number of nitrogens with two attached hydrogens (primary N) is 1. The number of aryl methyl sites for hydroxylation is 1. The zero-order chi connectivity index (χ0) is 15.8. The first kappa shape index (κ1) is 15.3. The third-order valence-electron chi connectivity index (χ3n) is 3.14. The Morgan fingerprint density at radius 2 is 1.90 bits per heavy atom. The van der Waals surface area contributed by atoms with Gasteiger partial charge in [0.1, 0.15) is 23.2 Å². The first-order valence-electron chi connectivity index (χ1n) is 6.44. The zero-order valence-electron chi connectivity index (χ0n) is 11.6. The van der Waals surface area contributed by atoms with Crippen LogP contribution in [-0.2, 0) is 12.7 Å². The van der Waals surface area contributed by atoms with Gasteiger partial charge in [0.2, 0.25) is 0 Å². The summed E-state index contributed by atoms with van der Waals surface area (Å²) in [6.45, 7) is 4.26. The number of alkyl halides is 3. The Kier molecular flexibility index (Phi) is 3.93. The Morgan fingerprint density at radius 1 is 1.24 bits per heavy atom. The Hall–Kier alpha value is -2.05. The zero-order valence-corrected chi connectivity index (χ0v) is 11.6. The summed E-state index contributed by atoms with van der Waals surface area (Å²) in [5, 5.41) is 0. The third kappa shape index (κ3) is 3.01. The second kappa shape index (κ2) is 5.38. The van der Waals surface area contributed by atoms with E-state index >= 15 is 0 Å². The van der Waals surface area contributed by atoms with Gasteiger partial charge in [-0.2, -0.15) is 13.2 Å². The molecule has 114 valence electrons. The summed E-state index contributed by atoms with van der Waals surface area (Å²) in [6.07, 6.45) is -3.82. The smallest absolute Gasteiger partial charge is 0.383 e. The van der Waals surface area contributed by atoms with E-state index in [2.05, 4.69) is 4.98 Å². The highest BCUT2D eigenvalue weighted by Crippen LogP contribution is 2.34. The van der Waals surface area contributed by atoms with Crippen molar-refractivity contribution < 1.29 is 17.6 Å². The number of benzene rings is 1. The highest BCUT2D eigenvalue weighted by atomic mass is 19.4. The minimum atomic E-state index is -4.62. The molecule has 0 spiro atoms. The Bertz CT molecular complexity index is 659. The lowest BCUT2D eigenvalue weighted by Crippen LogP contribution is -2.06. The average molecular weight is 301 g/mol. The van der Waals surface area contributed by atoms with E-state index in [-0.39, 0.29) is 17.1 Å². The molecule has 1 aromatic heterocycles. The summed E-state index contributed by atoms with van der Waals surface area (Å²) in [7, 11) is 0. The predicted molar refractivity (Wildman–Crippen MR) is 72.1 cm³/mol. The SMILES string of the molecule is CCCn1c(C)nc(-c2cc(F)cc(C(F)(F)F)c2)c1N. The van der Waals surface area contributed by atoms with Crippen LogP contribution in [0.5, 0.6) is 0 Å². The van der Waals surface area contributed by atoms with Gasteiger partial charge >= 0.3 is 6.18 Å². The number of imidazole rings is 1. The third-order valence-corrected chi connectivity index (χ3v) is 3.14. The van der Waals surface area contributed by atoms with E-state index in [9.17, 15) is 17.6 Å². The van der Waals surface area contributed by atoms with Gasteiger partial charge < -0.3 is 10.3 Å². The lowest BCUT2D eigenvalue weighted by Gasteiger charge is -2.09. The Labute approximate surface area is 119 Å². The predicted octanol–water partition coefficient (Wildman–Crippen LogP) is 4.01. The molecule has 1 aromatic carbocycles. The van der Waals surface area contributed by atoms with Crippen molar-refractivity contribution in [3.05, 3.63) is 35.4 Å². The van der Waals surface area contributed by atoms with Crippen LogP contribution in [0.25, 0.3) is 11.3 Å². The summed E-state index contributed by atoms with van der Waals surface area (Å²) in [5.41, 5.74) is 5.07. The first-order chi connectivity index (χ1) is 9.74. The van der Waals surface area contributed by atoms with Gasteiger partial charge in [0.05, 0.1) is 5.56 Å². The molecule has 0 unspecified atom stereocenters. The fourth-order valence-electron chi connectivity index (χ4n) is 2.19. The number of aromatic nitrogens is 2. The van der Waals surface area contributed by atoms with Gasteiger partial charge in [0.25, 0.3) is 0 Å². The molecule has 7 heteroatoms. The standard InChI is InChI=1S/C14H15F4N3/c1-3-4-21-8(2)20-12(13(21)19)9-5-10(14(16,17)18)7-11(15)6-9/h5-7H,3-4,19H2,1-2H3. The molecule has 0 radical (unpaired) electrons. The first-order valence-corrected chi connectivity index (χ1v) is 6.44. The highest BCUT2D eigenvalue weighted by Gasteiger charge is 2.32. The molecule has 3 nitrogen and oxygen atoms in total. The molecule has 0 bridgehead atoms. The molecule has 0 saturated carbocycles. The van der Waals surface area contributed by atoms with Gasteiger partial charge in [0.15, 0.2) is 0 Å². The van der Waals surface area contributed by atoms with Crippen molar-refractivity contribution >= 4 is 5.82 Å². The van der Waals surface area contributed by atoms with Gasteiger partial charge in [-0.05, 0) is 31.5 Å². The van der Waals surface area contributed by atoms with Crippen molar-refractivity contribution in [2.24, 2.45) is 0 Å². The fraction of sp³-hybridized carbons (Fsp3) is 0.357. The van der Waals surface area contributed by atoms with Crippen LogP contribution < -0.4 is 5.73 Å². The van der Waals surface area contributed by atoms with Crippen LogP contribution in [0.1, 0.15) is 24.7 Å². The van der Waals surface area contributed by atoms with Crippen LogP contribution in [0.3, 0.4) is 0 Å². The van der Waals surface area contributed by atoms with Crippen molar-refractivity contribution in [2.45, 2.75) is 33.0 Å². The lowest BCUT2D eigenvalue weighted by molar-refractivity contribution is -0.137. The van der Waals surface area contributed by atoms with E-state index in [0.717, 1.165) is 18.6 Å². The molecule has 0 atom stereocenters. The maximum absolute atomic E-state index is 13.5. The van der Waals surface area contributed by atoms with Crippen molar-refractivity contribution in [3.63, 3.8) is 0 Å². The maximum atomic E-state index is 13.5. The summed E-state index contributed by atoms with van der Waals surface area (Å²) >= 11 is 0. The monoisotopic (exact) mass is 301 g/mol. The van der Waals surface area contributed by atoms with Gasteiger partial charge in [-0.3, -0.25) is 0 Å². The molecule has 21 heavy (non-hydrogen) atoms. The molecule has 0 saturated heterocycles. The number of hydrogen-bond donors (Lipinski definition) is 1. The Morgan fingerprint density at radius 3 is 2.48 bits per heavy atom. The average Bonchev–Trinajstić information content (AvgIpc) is 2.65. The number of nitrogens with zero attached hydrogens (tertiary/aromatic N) is 2. The van der Waals surface area contributed by atoms with Crippen molar-refractivity contribution in [1.82, 2.24) is 9.55 Å². The number of rotatable bonds is 3. The summed E-state index contributed by atoms with van der Waals surface area (Å²) in [6, 6.07) is 2.32. The molecule has 2 rings (SSSR count). The van der Waals surface area contributed by atoms with Crippen molar-refractivity contribution in [2.75, 3.05) is 5.73 Å². The number of nitrogen functional groups attached to an aromatic ring is 1. The number of halogens is 4. The fourth-order valence-corrected chi connectivity index (χ4v) is 2.19. The summed E-state index contributed by atoms with van der Waals surface area (Å²) in [4.78, 5) is 4.17. The van der Waals surface area contributed by atoms with Gasteiger partial charge in [-0.1, -0.05) is 6.92 Å². The van der Waals surface area contributed by atoms with E-state index in [4.69, 9.17) is 5.73 Å². The quantitative estimate of drug-likeness (QED) is 0.871.